The van der Waals surface area contributed by atoms with E-state index in [1.807, 2.05) is 0 Å². The van der Waals surface area contributed by atoms with Crippen molar-refractivity contribution in [3.8, 4) is 0 Å². The number of nitrogens with two attached hydrogens (primary N) is 1. The third-order valence-electron chi connectivity index (χ3n) is 12.3. The van der Waals surface area contributed by atoms with Gasteiger partial charge in [0.1, 0.15) is 34.2 Å². The highest BCUT2D eigenvalue weighted by atomic mass is 35.5. The number of benzene rings is 2. The van der Waals surface area contributed by atoms with E-state index in [4.69, 9.17) is 37.8 Å². The number of carbonyl (C=O) groups excluding carboxylic acids is 6. The van der Waals surface area contributed by atoms with Gasteiger partial charge < -0.3 is 51.0 Å². The molecule has 0 unspecified atom stereocenters. The van der Waals surface area contributed by atoms with Crippen LogP contribution in [0, 0.1) is 11.8 Å². The van der Waals surface area contributed by atoms with Crippen LogP contribution < -0.4 is 32.3 Å². The van der Waals surface area contributed by atoms with Gasteiger partial charge >= 0.3 is 0 Å². The van der Waals surface area contributed by atoms with E-state index in [9.17, 15) is 28.8 Å². The fourth-order valence-corrected chi connectivity index (χ4v) is 8.84. The summed E-state index contributed by atoms with van der Waals surface area (Å²) in [5, 5.41) is 16.5. The van der Waals surface area contributed by atoms with Gasteiger partial charge in [-0.25, -0.2) is 9.97 Å². The lowest BCUT2D eigenvalue weighted by molar-refractivity contribution is -0.121. The van der Waals surface area contributed by atoms with Gasteiger partial charge in [0.05, 0.1) is 10.0 Å². The summed E-state index contributed by atoms with van der Waals surface area (Å²) in [4.78, 5) is 88.9. The third-order valence-corrected chi connectivity index (χ3v) is 12.8. The molecule has 73 heavy (non-hydrogen) atoms. The Morgan fingerprint density at radius 2 is 0.986 bits per heavy atom. The molecule has 2 aliphatic carbocycles. The summed E-state index contributed by atoms with van der Waals surface area (Å²) in [6.07, 6.45) is 8.99. The minimum Gasteiger partial charge on any atom is -0.449 e. The van der Waals surface area contributed by atoms with Crippen LogP contribution in [0.4, 0.5) is 23.0 Å². The zero-order chi connectivity index (χ0) is 51.1. The molecule has 6 amide bonds. The maximum absolute atomic E-state index is 13.3. The zero-order valence-electron chi connectivity index (χ0n) is 41.2. The summed E-state index contributed by atoms with van der Waals surface area (Å²) in [6, 6.07) is 17.0. The van der Waals surface area contributed by atoms with Crippen LogP contribution in [-0.4, -0.2) is 102 Å². The van der Waals surface area contributed by atoms with Crippen LogP contribution in [0.1, 0.15) is 107 Å². The molecule has 22 heteroatoms. The van der Waals surface area contributed by atoms with Crippen molar-refractivity contribution in [2.45, 2.75) is 83.3 Å². The molecule has 2 aromatic carbocycles. The number of amides is 6. The number of nitrogens with one attached hydrogen (secondary N) is 5. The van der Waals surface area contributed by atoms with Crippen LogP contribution in [0.15, 0.2) is 81.9 Å². The number of halogens is 4. The highest BCUT2D eigenvalue weighted by Gasteiger charge is 2.32. The van der Waals surface area contributed by atoms with E-state index in [0.717, 1.165) is 38.5 Å². The van der Waals surface area contributed by atoms with E-state index in [0.29, 0.717) is 68.0 Å². The molecule has 8 rings (SSSR count). The second-order valence-electron chi connectivity index (χ2n) is 18.5. The predicted octanol–water partition coefficient (Wildman–Crippen LogP) is 9.67. The van der Waals surface area contributed by atoms with Gasteiger partial charge in [-0.3, -0.25) is 28.8 Å². The second kappa shape index (κ2) is 25.6. The predicted molar refractivity (Wildman–Crippen MR) is 289 cm³/mol. The van der Waals surface area contributed by atoms with Crippen molar-refractivity contribution in [1.82, 2.24) is 25.1 Å². The molecule has 0 radical (unpaired) electrons. The van der Waals surface area contributed by atoms with Crippen LogP contribution in [0.5, 0.6) is 0 Å². The van der Waals surface area contributed by atoms with Crippen molar-refractivity contribution in [3.63, 3.8) is 0 Å². The Balaban J connectivity index is 0.000000264. The van der Waals surface area contributed by atoms with Gasteiger partial charge in [0.2, 0.25) is 23.3 Å². The molecule has 4 aromatic heterocycles. The van der Waals surface area contributed by atoms with Gasteiger partial charge in [0.15, 0.2) is 0 Å². The number of anilines is 4. The van der Waals surface area contributed by atoms with E-state index in [1.54, 1.807) is 88.9 Å². The van der Waals surface area contributed by atoms with Crippen LogP contribution in [0.2, 0.25) is 10.0 Å². The van der Waals surface area contributed by atoms with E-state index in [1.165, 1.54) is 22.2 Å². The second-order valence-corrected chi connectivity index (χ2v) is 19.4. The molecule has 2 aliphatic rings. The Labute approximate surface area is 445 Å². The molecule has 18 nitrogen and oxygen atoms in total. The SMILES string of the molecule is CC(C)NC1CCC(C(=O)Nc2c(C(=O)Nc3ccc(Cl)cn3)oc3ccc(C(=O)N(C)C)cc23)CC1.CN(C)C(=O)c1ccc2oc(C(=O)Nc3ccc(Cl)cn3)c(NC(=O)C3CCC(N)CC3)c2c1.Cl.Cl. The molecule has 0 aliphatic heterocycles. The lowest BCUT2D eigenvalue weighted by Gasteiger charge is -2.29. The summed E-state index contributed by atoms with van der Waals surface area (Å²) in [7, 11) is 6.62. The van der Waals surface area contributed by atoms with Crippen molar-refractivity contribution in [2.24, 2.45) is 17.6 Å². The Bertz CT molecular complexity index is 2930. The van der Waals surface area contributed by atoms with Crippen LogP contribution in [-0.2, 0) is 9.59 Å². The van der Waals surface area contributed by atoms with Gasteiger partial charge in [0.25, 0.3) is 23.6 Å². The average Bonchev–Trinajstić information content (AvgIpc) is 3.90. The smallest absolute Gasteiger partial charge is 0.294 e. The maximum Gasteiger partial charge on any atom is 0.294 e. The highest BCUT2D eigenvalue weighted by Crippen LogP contribution is 2.36. The minimum atomic E-state index is -0.590. The van der Waals surface area contributed by atoms with E-state index in [-0.39, 0.29) is 101 Å². The minimum absolute atomic E-state index is 0. The topological polar surface area (TPSA) is 247 Å². The number of rotatable bonds is 12. The van der Waals surface area contributed by atoms with E-state index >= 15 is 0 Å². The average molecular weight is 1080 g/mol. The summed E-state index contributed by atoms with van der Waals surface area (Å²) >= 11 is 11.8. The van der Waals surface area contributed by atoms with Crippen molar-refractivity contribution in [3.05, 3.63) is 106 Å². The van der Waals surface area contributed by atoms with E-state index < -0.39 is 11.8 Å². The number of carbonyl (C=O) groups is 6. The normalized spacial score (nSPS) is 17.2. The first-order valence-corrected chi connectivity index (χ1v) is 24.2. The summed E-state index contributed by atoms with van der Waals surface area (Å²) in [5.74, 6) is -1.95. The van der Waals surface area contributed by atoms with E-state index in [2.05, 4.69) is 50.4 Å². The fourth-order valence-electron chi connectivity index (χ4n) is 8.62. The monoisotopic (exact) mass is 1080 g/mol. The van der Waals surface area contributed by atoms with Gasteiger partial charge in [-0.15, -0.1) is 24.8 Å². The maximum atomic E-state index is 13.3. The molecule has 6 aromatic rings. The van der Waals surface area contributed by atoms with Crippen molar-refractivity contribution >= 4 is 128 Å². The zero-order valence-corrected chi connectivity index (χ0v) is 44.3. The number of furan rings is 2. The Hall–Kier alpha value is -6.28. The van der Waals surface area contributed by atoms with Crippen molar-refractivity contribution in [1.29, 1.82) is 0 Å². The highest BCUT2D eigenvalue weighted by molar-refractivity contribution is 6.30. The van der Waals surface area contributed by atoms with Gasteiger partial charge in [-0.1, -0.05) is 37.0 Å². The number of fused-ring (bicyclic) bond motifs is 2. The van der Waals surface area contributed by atoms with Crippen molar-refractivity contribution in [2.75, 3.05) is 49.5 Å². The Kier molecular flexibility index (Phi) is 20.2. The third kappa shape index (κ3) is 14.5. The molecular weight excluding hydrogens is 1020 g/mol. The molecule has 2 fully saturated rings. The number of hydrogen-bond donors (Lipinski definition) is 6. The number of aromatic nitrogens is 2. The quantitative estimate of drug-likeness (QED) is 0.0671. The molecule has 0 spiro atoms. The molecular formula is C51H60Cl4N10O8. The lowest BCUT2D eigenvalue weighted by Crippen LogP contribution is -2.39. The lowest BCUT2D eigenvalue weighted by atomic mass is 9.85. The van der Waals surface area contributed by atoms with Gasteiger partial charge in [-0.05, 0) is 112 Å². The standard InChI is InChI=1S/C27H32ClN5O4.C24H26ClN5O4.2ClH/c1-15(2)30-19-9-5-16(6-10-19)25(34)32-23-20-13-17(27(36)33(3)4)7-11-21(20)37-24(23)26(35)31-22-12-8-18(28)14-29-22;1-30(2)24(33)14-5-9-18-17(11-14)20(29-22(31)13-3-7-16(26)8-4-13)21(34-18)23(32)28-19-10-6-15(25)12-27-19;;/h7-8,11-16,19,30H,5-6,9-10H2,1-4H3,(H,32,34)(H,29,31,35);5-6,9-13,16H,3-4,7-8,26H2,1-2H3,(H,29,31)(H,27,28,32);2*1H. The molecule has 390 valence electrons. The number of pyridine rings is 2. The van der Waals surface area contributed by atoms with Gasteiger partial charge in [0, 0.05) is 92.4 Å². The molecule has 0 saturated heterocycles. The number of hydrogen-bond acceptors (Lipinski definition) is 12. The number of nitrogens with zero attached hydrogens (tertiary/aromatic N) is 4. The summed E-state index contributed by atoms with van der Waals surface area (Å²) in [6.45, 7) is 4.23. The van der Waals surface area contributed by atoms with Crippen LogP contribution >= 0.6 is 48.0 Å². The van der Waals surface area contributed by atoms with Crippen molar-refractivity contribution < 1.29 is 37.6 Å². The summed E-state index contributed by atoms with van der Waals surface area (Å²) < 4.78 is 11.7. The summed E-state index contributed by atoms with van der Waals surface area (Å²) in [5.41, 5.74) is 8.00. The Morgan fingerprint density at radius 1 is 0.589 bits per heavy atom. The van der Waals surface area contributed by atoms with Gasteiger partial charge in [-0.2, -0.15) is 0 Å². The molecule has 2 saturated carbocycles. The Morgan fingerprint density at radius 3 is 1.34 bits per heavy atom. The molecule has 7 N–H and O–H groups in total. The largest absolute Gasteiger partial charge is 0.449 e. The molecule has 4 heterocycles. The molecule has 0 atom stereocenters. The first-order valence-electron chi connectivity index (χ1n) is 23.4. The first kappa shape index (κ1) is 57.6. The fraction of sp³-hybridized carbons (Fsp3) is 0.373. The molecule has 0 bridgehead atoms. The van der Waals surface area contributed by atoms with Crippen LogP contribution in [0.25, 0.3) is 21.9 Å². The first-order chi connectivity index (χ1) is 33.8. The van der Waals surface area contributed by atoms with Crippen LogP contribution in [0.3, 0.4) is 0 Å².